The first-order chi connectivity index (χ1) is 23.8. The lowest BCUT2D eigenvalue weighted by Gasteiger charge is -2.34. The molecule has 14 nitrogen and oxygen atoms in total. The summed E-state index contributed by atoms with van der Waals surface area (Å²) in [7, 11) is 1.33. The molecule has 1 saturated carbocycles. The number of benzene rings is 1. The van der Waals surface area contributed by atoms with Gasteiger partial charge in [0.1, 0.15) is 18.1 Å². The van der Waals surface area contributed by atoms with Gasteiger partial charge in [-0.2, -0.15) is 0 Å². The van der Waals surface area contributed by atoms with Crippen molar-refractivity contribution >= 4 is 53.1 Å². The van der Waals surface area contributed by atoms with Crippen molar-refractivity contribution in [3.8, 4) is 0 Å². The van der Waals surface area contributed by atoms with Gasteiger partial charge in [0.2, 0.25) is 23.5 Å². The zero-order chi connectivity index (χ0) is 38.2. The van der Waals surface area contributed by atoms with Crippen LogP contribution in [0.3, 0.4) is 0 Å². The lowest BCUT2D eigenvalue weighted by molar-refractivity contribution is -0.144. The molecule has 2 aliphatic rings. The van der Waals surface area contributed by atoms with Gasteiger partial charge in [-0.15, -0.1) is 0 Å². The fraction of sp³-hybridized carbons (Fsp3) is 0.639. The van der Waals surface area contributed by atoms with Gasteiger partial charge in [-0.25, -0.2) is 4.79 Å². The fourth-order valence-electron chi connectivity index (χ4n) is 6.21. The zero-order valence-corrected chi connectivity index (χ0v) is 31.6. The Morgan fingerprint density at radius 1 is 0.922 bits per heavy atom. The first-order valence-electron chi connectivity index (χ1n) is 17.6. The predicted molar refractivity (Wildman–Crippen MR) is 192 cm³/mol. The Kier molecular flexibility index (Phi) is 14.4. The third-order valence-electron chi connectivity index (χ3n) is 9.08. The highest BCUT2D eigenvalue weighted by molar-refractivity contribution is 6.38. The molecule has 1 aliphatic heterocycles. The summed E-state index contributed by atoms with van der Waals surface area (Å²) in [6.07, 6.45) is 2.46. The van der Waals surface area contributed by atoms with E-state index >= 15 is 0 Å². The van der Waals surface area contributed by atoms with Gasteiger partial charge >= 0.3 is 6.03 Å². The number of nitrogens with zero attached hydrogens (tertiary/aromatic N) is 2. The number of Topliss-reactive ketones (excluding diaryl/α,β-unsaturated/α-hetero) is 1. The van der Waals surface area contributed by atoms with Crippen LogP contribution in [-0.2, 0) is 28.8 Å². The zero-order valence-electron chi connectivity index (χ0n) is 30.9. The lowest BCUT2D eigenvalue weighted by Crippen LogP contribution is -2.60. The van der Waals surface area contributed by atoms with Crippen molar-refractivity contribution in [1.82, 2.24) is 35.9 Å². The minimum Gasteiger partial charge on any atom is -0.344 e. The van der Waals surface area contributed by atoms with Crippen molar-refractivity contribution in [3.63, 3.8) is 0 Å². The second-order valence-corrected chi connectivity index (χ2v) is 15.8. The predicted octanol–water partition coefficient (Wildman–Crippen LogP) is 2.42. The third kappa shape index (κ3) is 11.9. The Morgan fingerprint density at radius 2 is 1.55 bits per heavy atom. The summed E-state index contributed by atoms with van der Waals surface area (Å²) in [5, 5.41) is 13.2. The van der Waals surface area contributed by atoms with E-state index in [2.05, 4.69) is 26.6 Å². The maximum atomic E-state index is 14.1. The molecule has 51 heavy (non-hydrogen) atoms. The normalized spacial score (nSPS) is 19.1. The first-order valence-corrected chi connectivity index (χ1v) is 17.9. The van der Waals surface area contributed by atoms with Crippen molar-refractivity contribution in [1.29, 1.82) is 0 Å². The Labute approximate surface area is 305 Å². The Morgan fingerprint density at radius 3 is 2.08 bits per heavy atom. The molecule has 5 N–H and O–H groups in total. The van der Waals surface area contributed by atoms with Crippen LogP contribution in [0.15, 0.2) is 30.3 Å². The number of likely N-dealkylation sites (N-methyl/N-ethyl adjacent to an activating group) is 1. The summed E-state index contributed by atoms with van der Waals surface area (Å²) in [5.74, 6) is -4.65. The number of rotatable bonds is 15. The molecule has 0 spiro atoms. The summed E-state index contributed by atoms with van der Waals surface area (Å²) in [6.45, 7) is 12.7. The molecule has 0 radical (unpaired) electrons. The van der Waals surface area contributed by atoms with Gasteiger partial charge < -0.3 is 31.5 Å². The highest BCUT2D eigenvalue weighted by Crippen LogP contribution is 2.35. The van der Waals surface area contributed by atoms with Crippen LogP contribution in [-0.4, -0.2) is 94.5 Å². The smallest absolute Gasteiger partial charge is 0.315 e. The van der Waals surface area contributed by atoms with Crippen molar-refractivity contribution in [2.45, 2.75) is 104 Å². The summed E-state index contributed by atoms with van der Waals surface area (Å²) >= 11 is 5.86. The molecule has 3 rings (SSSR count). The Balaban J connectivity index is 1.73. The van der Waals surface area contributed by atoms with Crippen molar-refractivity contribution in [3.05, 3.63) is 35.9 Å². The monoisotopic (exact) mass is 731 g/mol. The number of likely N-dealkylation sites (tertiary alicyclic amines) is 1. The molecule has 0 aromatic heterocycles. The average molecular weight is 732 g/mol. The Hall–Kier alpha value is -4.20. The van der Waals surface area contributed by atoms with E-state index < -0.39 is 77.6 Å². The number of halogens is 1. The van der Waals surface area contributed by atoms with Gasteiger partial charge in [-0.1, -0.05) is 70.9 Å². The first kappa shape index (κ1) is 41.2. The number of amides is 7. The van der Waals surface area contributed by atoms with E-state index in [1.54, 1.807) is 30.3 Å². The summed E-state index contributed by atoms with van der Waals surface area (Å²) in [5.41, 5.74) is -0.0573. The molecule has 7 amide bonds. The van der Waals surface area contributed by atoms with E-state index in [4.69, 9.17) is 11.8 Å². The molecule has 1 unspecified atom stereocenters. The quantitative estimate of drug-likeness (QED) is 0.135. The molecule has 1 saturated heterocycles. The highest BCUT2D eigenvalue weighted by atomic mass is 35.5. The topological polar surface area (TPSA) is 186 Å². The van der Waals surface area contributed by atoms with Crippen molar-refractivity contribution in [2.75, 3.05) is 20.1 Å². The minimum absolute atomic E-state index is 0.0118. The molecule has 0 bridgehead atoms. The van der Waals surface area contributed by atoms with E-state index in [0.29, 0.717) is 12.0 Å². The number of ketones is 1. The number of hydrogen-bond acceptors (Lipinski definition) is 7. The second-order valence-electron chi connectivity index (χ2n) is 15.3. The second kappa shape index (κ2) is 17.8. The van der Waals surface area contributed by atoms with E-state index in [9.17, 15) is 33.6 Å². The minimum atomic E-state index is -1.18. The largest absolute Gasteiger partial charge is 0.344 e. The maximum Gasteiger partial charge on any atom is 0.315 e. The van der Waals surface area contributed by atoms with Crippen molar-refractivity contribution in [2.24, 2.45) is 23.7 Å². The molecule has 1 aliphatic carbocycles. The van der Waals surface area contributed by atoms with Crippen LogP contribution in [0.2, 0.25) is 0 Å². The molecular weight excluding hydrogens is 678 g/mol. The van der Waals surface area contributed by atoms with Crippen LogP contribution in [0, 0.1) is 23.7 Å². The SMILES string of the molecule is CC(C)[C@H](NC(=O)NC(C)(C)C)C(=O)N1CC[C@H](C(C)C)[C@H]1C(=O)NC(CC1CC1)C(=O)C(=O)NCC(=O)N[C@H](C(=O)N(C)Cl)c1ccccc1. The molecule has 1 heterocycles. The van der Waals surface area contributed by atoms with E-state index in [1.165, 1.54) is 11.9 Å². The number of carbonyl (C=O) groups excluding carboxylic acids is 7. The van der Waals surface area contributed by atoms with E-state index in [0.717, 1.165) is 17.3 Å². The number of hydrogen-bond donors (Lipinski definition) is 5. The van der Waals surface area contributed by atoms with Gasteiger partial charge in [0.15, 0.2) is 0 Å². The summed E-state index contributed by atoms with van der Waals surface area (Å²) in [4.78, 5) is 94.4. The van der Waals surface area contributed by atoms with E-state index in [1.807, 2.05) is 48.5 Å². The molecule has 1 aromatic carbocycles. The van der Waals surface area contributed by atoms with Crippen LogP contribution < -0.4 is 26.6 Å². The summed E-state index contributed by atoms with van der Waals surface area (Å²) < 4.78 is 0.817. The molecule has 2 fully saturated rings. The summed E-state index contributed by atoms with van der Waals surface area (Å²) in [6, 6.07) is 3.78. The van der Waals surface area contributed by atoms with Gasteiger partial charge in [-0.3, -0.25) is 33.2 Å². The van der Waals surface area contributed by atoms with Crippen LogP contribution in [0.25, 0.3) is 0 Å². The van der Waals surface area contributed by atoms with Gasteiger partial charge in [0.25, 0.3) is 11.8 Å². The molecule has 5 atom stereocenters. The maximum absolute atomic E-state index is 14.1. The van der Waals surface area contributed by atoms with Crippen LogP contribution in [0.1, 0.15) is 85.8 Å². The number of carbonyl (C=O) groups is 7. The Bertz CT molecular complexity index is 1440. The van der Waals surface area contributed by atoms with Crippen LogP contribution in [0.4, 0.5) is 4.79 Å². The standard InChI is InChI=1S/C36H54ClN7O7/c1-20(2)24-16-17-44(34(50)27(21(3)4)41-35(51)42-36(5,6)7)29(24)31(47)39-25(18-22-14-15-22)30(46)32(48)38-19-26(45)40-28(33(49)43(8)37)23-12-10-9-11-13-23/h9-13,20-22,24-25,27-29H,14-19H2,1-8H3,(H,38,48)(H,39,47)(H,40,45)(H2,41,42,51)/t24-,25?,27+,28+,29+/m1/s1. The van der Waals surface area contributed by atoms with Gasteiger partial charge in [0, 0.05) is 30.9 Å². The van der Waals surface area contributed by atoms with Gasteiger partial charge in [0.05, 0.1) is 12.6 Å². The third-order valence-corrected chi connectivity index (χ3v) is 9.25. The van der Waals surface area contributed by atoms with Gasteiger partial charge in [-0.05, 0) is 62.8 Å². The van der Waals surface area contributed by atoms with Crippen LogP contribution >= 0.6 is 11.8 Å². The number of nitrogens with one attached hydrogen (secondary N) is 5. The molecule has 15 heteroatoms. The van der Waals surface area contributed by atoms with Crippen molar-refractivity contribution < 1.29 is 33.6 Å². The number of urea groups is 1. The fourth-order valence-corrected chi connectivity index (χ4v) is 6.31. The molecule has 1 aromatic rings. The lowest BCUT2D eigenvalue weighted by atomic mass is 9.87. The molecule has 282 valence electrons. The highest BCUT2D eigenvalue weighted by Gasteiger charge is 2.46. The van der Waals surface area contributed by atoms with Crippen LogP contribution in [0.5, 0.6) is 0 Å². The molecular formula is C36H54ClN7O7. The average Bonchev–Trinajstić information content (AvgIpc) is 3.75. The van der Waals surface area contributed by atoms with E-state index in [-0.39, 0.29) is 36.6 Å².